The molecule has 9 N–H and O–H groups in total. The van der Waals surface area contributed by atoms with Crippen molar-refractivity contribution >= 4 is 17.9 Å². The fourth-order valence-corrected chi connectivity index (χ4v) is 5.44. The van der Waals surface area contributed by atoms with E-state index in [-0.39, 0.29) is 0 Å². The highest BCUT2D eigenvalue weighted by Crippen LogP contribution is 2.12. The predicted molar refractivity (Wildman–Crippen MR) is 220 cm³/mol. The van der Waals surface area contributed by atoms with Gasteiger partial charge < -0.3 is 37.3 Å². The highest BCUT2D eigenvalue weighted by atomic mass is 16.5. The van der Waals surface area contributed by atoms with E-state index in [0.717, 1.165) is 19.6 Å². The van der Waals surface area contributed by atoms with Gasteiger partial charge in [-0.3, -0.25) is 4.79 Å². The van der Waals surface area contributed by atoms with Gasteiger partial charge >= 0.3 is 17.9 Å². The Morgan fingerprint density at radius 3 is 0.808 bits per heavy atom. The highest BCUT2D eigenvalue weighted by molar-refractivity contribution is 5.80. The Balaban J connectivity index is -0.000000295. The number of hydrogen-bond donors (Lipinski definition) is 6. The quantitative estimate of drug-likeness (QED) is 0.0335. The first-order valence-electron chi connectivity index (χ1n) is 21.6. The van der Waals surface area contributed by atoms with Crippen molar-refractivity contribution in [2.24, 2.45) is 17.2 Å². The van der Waals surface area contributed by atoms with Crippen molar-refractivity contribution in [1.29, 1.82) is 0 Å². The van der Waals surface area contributed by atoms with Crippen molar-refractivity contribution in [3.05, 3.63) is 0 Å². The molecule has 10 heteroatoms. The van der Waals surface area contributed by atoms with E-state index in [0.29, 0.717) is 0 Å². The van der Waals surface area contributed by atoms with E-state index in [1.807, 2.05) is 0 Å². The molecule has 10 nitrogen and oxygen atoms in total. The van der Waals surface area contributed by atoms with Gasteiger partial charge in [-0.1, -0.05) is 194 Å². The van der Waals surface area contributed by atoms with Crippen LogP contribution >= 0.6 is 0 Å². The number of ether oxygens (including phenoxy) is 1. The summed E-state index contributed by atoms with van der Waals surface area (Å²) in [6, 6.07) is 0. The van der Waals surface area contributed by atoms with Gasteiger partial charge in [0.25, 0.3) is 0 Å². The van der Waals surface area contributed by atoms with Gasteiger partial charge in [0.05, 0.1) is 6.42 Å². The Hall–Kier alpha value is -1.75. The number of carbonyl (C=O) groups is 3. The topological polar surface area (TPSA) is 199 Å². The van der Waals surface area contributed by atoms with Gasteiger partial charge in [-0.2, -0.15) is 0 Å². The zero-order chi connectivity index (χ0) is 39.8. The summed E-state index contributed by atoms with van der Waals surface area (Å²) in [6.45, 7) is 8.60. The van der Waals surface area contributed by atoms with E-state index in [4.69, 9.17) is 32.5 Å². The molecule has 0 amide bonds. The molecule has 0 aromatic heterocycles. The zero-order valence-electron chi connectivity index (χ0n) is 34.5. The van der Waals surface area contributed by atoms with Crippen LogP contribution in [-0.4, -0.2) is 65.6 Å². The summed E-state index contributed by atoms with van der Waals surface area (Å²) in [5.41, 5.74) is 16.3. The molecule has 1 atom stereocenters. The van der Waals surface area contributed by atoms with Crippen LogP contribution in [-0.2, 0) is 19.1 Å². The maximum Gasteiger partial charge on any atom is 0.333 e. The Labute approximate surface area is 321 Å². The fourth-order valence-electron chi connectivity index (χ4n) is 5.44. The third-order valence-electron chi connectivity index (χ3n) is 8.72. The SMILES string of the molecule is CCCCCCCCCCCCN.CCCCCCCCCCCCN.CCCCCCCCCCCCN.O=C(O)COC(CC(=O)O)C(=O)O. The smallest absolute Gasteiger partial charge is 0.333 e. The summed E-state index contributed by atoms with van der Waals surface area (Å²) in [4.78, 5) is 30.3. The van der Waals surface area contributed by atoms with Crippen LogP contribution in [0.25, 0.3) is 0 Å². The summed E-state index contributed by atoms with van der Waals surface area (Å²) in [7, 11) is 0. The lowest BCUT2D eigenvalue weighted by molar-refractivity contribution is -0.161. The number of carboxylic acids is 3. The van der Waals surface area contributed by atoms with Crippen molar-refractivity contribution in [3.8, 4) is 0 Å². The number of aliphatic carboxylic acids is 3. The molecule has 0 heterocycles. The van der Waals surface area contributed by atoms with Crippen molar-refractivity contribution in [3.63, 3.8) is 0 Å². The van der Waals surface area contributed by atoms with Gasteiger partial charge in [-0.25, -0.2) is 9.59 Å². The minimum Gasteiger partial charge on any atom is -0.481 e. The van der Waals surface area contributed by atoms with E-state index >= 15 is 0 Å². The monoisotopic (exact) mass is 748 g/mol. The summed E-state index contributed by atoms with van der Waals surface area (Å²) in [5.74, 6) is -4.21. The van der Waals surface area contributed by atoms with Crippen molar-refractivity contribution in [2.75, 3.05) is 26.2 Å². The van der Waals surface area contributed by atoms with Gasteiger partial charge in [0.1, 0.15) is 6.61 Å². The van der Waals surface area contributed by atoms with E-state index in [1.54, 1.807) is 0 Å². The van der Waals surface area contributed by atoms with Gasteiger partial charge in [-0.05, 0) is 38.9 Å². The first-order chi connectivity index (χ1) is 25.2. The molecule has 0 saturated heterocycles. The number of carboxylic acid groups (broad SMARTS) is 3. The van der Waals surface area contributed by atoms with Crippen LogP contribution in [0.4, 0.5) is 0 Å². The molecule has 52 heavy (non-hydrogen) atoms. The third kappa shape index (κ3) is 63.3. The van der Waals surface area contributed by atoms with Crippen LogP contribution in [0.2, 0.25) is 0 Å². The summed E-state index contributed by atoms with van der Waals surface area (Å²) in [6.07, 6.45) is 39.4. The number of nitrogens with two attached hydrogens (primary N) is 3. The fraction of sp³-hybridized carbons (Fsp3) is 0.929. The molecule has 0 aliphatic carbocycles. The second kappa shape index (κ2) is 53.6. The minimum absolute atomic E-state index is 0.761. The third-order valence-corrected chi connectivity index (χ3v) is 8.72. The predicted octanol–water partition coefficient (Wildman–Crippen LogP) is 10.6. The van der Waals surface area contributed by atoms with Crippen LogP contribution < -0.4 is 17.2 Å². The number of unbranched alkanes of at least 4 members (excludes halogenated alkanes) is 27. The van der Waals surface area contributed by atoms with Gasteiger partial charge in [-0.15, -0.1) is 0 Å². The minimum atomic E-state index is -1.62. The molecular weight excluding hydrogens is 658 g/mol. The number of hydrogen-bond acceptors (Lipinski definition) is 7. The van der Waals surface area contributed by atoms with Crippen LogP contribution in [0.3, 0.4) is 0 Å². The zero-order valence-corrected chi connectivity index (χ0v) is 34.5. The molecule has 0 fully saturated rings. The second-order valence-electron chi connectivity index (χ2n) is 14.0. The Morgan fingerprint density at radius 2 is 0.635 bits per heavy atom. The molecule has 0 aliphatic heterocycles. The van der Waals surface area contributed by atoms with E-state index in [1.165, 1.54) is 193 Å². The molecular formula is C42H89N3O7. The molecule has 0 aromatic rings. The van der Waals surface area contributed by atoms with Gasteiger partial charge in [0.2, 0.25) is 0 Å². The van der Waals surface area contributed by atoms with E-state index in [2.05, 4.69) is 25.5 Å². The lowest BCUT2D eigenvalue weighted by Gasteiger charge is -2.08. The lowest BCUT2D eigenvalue weighted by atomic mass is 10.1. The Kier molecular flexibility index (Phi) is 58.7. The van der Waals surface area contributed by atoms with E-state index < -0.39 is 37.0 Å². The first-order valence-corrected chi connectivity index (χ1v) is 21.6. The normalized spacial score (nSPS) is 11.0. The molecule has 0 aliphatic rings. The molecule has 0 spiro atoms. The number of rotatable bonds is 36. The molecule has 1 unspecified atom stereocenters. The van der Waals surface area contributed by atoms with Crippen molar-refractivity contribution < 1.29 is 34.4 Å². The average molecular weight is 748 g/mol. The summed E-state index contributed by atoms with van der Waals surface area (Å²) < 4.78 is 4.30. The average Bonchev–Trinajstić information content (AvgIpc) is 3.12. The maximum atomic E-state index is 10.3. The standard InChI is InChI=1S/3C12H27N.C6H8O7/c3*1-2-3-4-5-6-7-8-9-10-11-12-13;7-4(8)1-3(6(11)12)13-2-5(9)10/h3*2-13H2,1H3;3H,1-2H2,(H,7,8)(H,9,10)(H,11,12). The lowest BCUT2D eigenvalue weighted by Crippen LogP contribution is -2.29. The van der Waals surface area contributed by atoms with E-state index in [9.17, 15) is 14.4 Å². The highest BCUT2D eigenvalue weighted by Gasteiger charge is 2.22. The Bertz CT molecular complexity index is 616. The van der Waals surface area contributed by atoms with Crippen molar-refractivity contribution in [1.82, 2.24) is 0 Å². The van der Waals surface area contributed by atoms with Crippen LogP contribution in [0, 0.1) is 0 Å². The molecule has 314 valence electrons. The molecule has 0 saturated carbocycles. The maximum absolute atomic E-state index is 10.3. The Morgan fingerprint density at radius 1 is 0.404 bits per heavy atom. The van der Waals surface area contributed by atoms with Crippen LogP contribution in [0.5, 0.6) is 0 Å². The van der Waals surface area contributed by atoms with Crippen LogP contribution in [0.1, 0.15) is 220 Å². The molecule has 0 bridgehead atoms. The molecule has 0 aromatic carbocycles. The van der Waals surface area contributed by atoms with Gasteiger partial charge in [0.15, 0.2) is 6.10 Å². The van der Waals surface area contributed by atoms with Gasteiger partial charge in [0, 0.05) is 0 Å². The summed E-state index contributed by atoms with van der Waals surface area (Å²) in [5, 5.41) is 24.7. The largest absolute Gasteiger partial charge is 0.481 e. The molecule has 0 rings (SSSR count). The van der Waals surface area contributed by atoms with Crippen LogP contribution in [0.15, 0.2) is 0 Å². The second-order valence-corrected chi connectivity index (χ2v) is 14.0. The van der Waals surface area contributed by atoms with Crippen molar-refractivity contribution in [2.45, 2.75) is 226 Å². The molecule has 0 radical (unpaired) electrons. The first kappa shape index (κ1) is 57.0. The summed E-state index contributed by atoms with van der Waals surface area (Å²) >= 11 is 0.